The average molecular weight is 238 g/mol. The number of amides is 1. The van der Waals surface area contributed by atoms with Crippen LogP contribution in [-0.2, 0) is 0 Å². The third-order valence-electron chi connectivity index (χ3n) is 2.21. The molecule has 0 atom stereocenters. The summed E-state index contributed by atoms with van der Waals surface area (Å²) < 4.78 is 0. The molecule has 0 fully saturated rings. The highest BCUT2D eigenvalue weighted by Gasteiger charge is 2.15. The van der Waals surface area contributed by atoms with E-state index in [4.69, 9.17) is 10.9 Å². The minimum atomic E-state index is -0.351. The second-order valence-electron chi connectivity index (χ2n) is 3.46. The van der Waals surface area contributed by atoms with Crippen LogP contribution in [0, 0.1) is 0 Å². The number of aromatic hydroxyl groups is 1. The highest BCUT2D eigenvalue weighted by Crippen LogP contribution is 2.15. The molecule has 0 aliphatic heterocycles. The monoisotopic (exact) mass is 238 g/mol. The van der Waals surface area contributed by atoms with Crippen LogP contribution < -0.4 is 5.73 Å². The first-order chi connectivity index (χ1) is 8.06. The number of pyridine rings is 1. The molecule has 0 unspecified atom stereocenters. The molecule has 0 aliphatic carbocycles. The number of nitrogens with zero attached hydrogens (tertiary/aromatic N) is 3. The maximum atomic E-state index is 11.9. The van der Waals surface area contributed by atoms with Crippen molar-refractivity contribution >= 4 is 11.7 Å². The topological polar surface area (TPSA) is 112 Å². The summed E-state index contributed by atoms with van der Waals surface area (Å²) in [6, 6.07) is 1.43. The molecule has 0 aromatic carbocycles. The molecule has 1 aromatic rings. The molecule has 1 aromatic heterocycles. The Bertz CT molecular complexity index is 433. The molecular formula is C10H14N4O3. The average Bonchev–Trinajstić information content (AvgIpc) is 2.35. The molecular weight excluding hydrogens is 224 g/mol. The first-order valence-corrected chi connectivity index (χ1v) is 4.91. The number of carbonyl (C=O) groups is 1. The number of carbonyl (C=O) groups excluding carboxylic acids is 1. The van der Waals surface area contributed by atoms with Crippen molar-refractivity contribution in [1.82, 2.24) is 9.88 Å². The van der Waals surface area contributed by atoms with Crippen LogP contribution in [0.15, 0.2) is 23.6 Å². The molecule has 1 heterocycles. The van der Waals surface area contributed by atoms with Gasteiger partial charge in [0.05, 0.1) is 11.8 Å². The fourth-order valence-electron chi connectivity index (χ4n) is 1.21. The first-order valence-electron chi connectivity index (χ1n) is 4.91. The standard InChI is InChI=1S/C10H14N4O3/c1-14(5-3-9(11)13-17)10(16)7-2-4-12-6-8(7)15/h2,4,6,15,17H,3,5H2,1H3,(H2,11,13). The molecule has 4 N–H and O–H groups in total. The molecule has 17 heavy (non-hydrogen) atoms. The van der Waals surface area contributed by atoms with Gasteiger partial charge in [-0.1, -0.05) is 5.16 Å². The molecule has 1 rings (SSSR count). The Morgan fingerprint density at radius 3 is 2.94 bits per heavy atom. The molecule has 0 radical (unpaired) electrons. The van der Waals surface area contributed by atoms with Gasteiger partial charge >= 0.3 is 0 Å². The van der Waals surface area contributed by atoms with Gasteiger partial charge in [-0.15, -0.1) is 0 Å². The van der Waals surface area contributed by atoms with E-state index in [9.17, 15) is 9.90 Å². The fourth-order valence-corrected chi connectivity index (χ4v) is 1.21. The highest BCUT2D eigenvalue weighted by molar-refractivity contribution is 5.96. The lowest BCUT2D eigenvalue weighted by atomic mass is 10.2. The molecule has 0 saturated heterocycles. The quantitative estimate of drug-likeness (QED) is 0.296. The van der Waals surface area contributed by atoms with Crippen molar-refractivity contribution in [3.05, 3.63) is 24.0 Å². The van der Waals surface area contributed by atoms with Crippen LogP contribution in [0.2, 0.25) is 0 Å². The van der Waals surface area contributed by atoms with Crippen molar-refractivity contribution in [1.29, 1.82) is 0 Å². The van der Waals surface area contributed by atoms with Gasteiger partial charge < -0.3 is 20.9 Å². The van der Waals surface area contributed by atoms with Crippen LogP contribution in [0.4, 0.5) is 0 Å². The molecule has 1 amide bonds. The Balaban J connectivity index is 2.68. The van der Waals surface area contributed by atoms with Gasteiger partial charge in [0, 0.05) is 26.2 Å². The Hall–Kier alpha value is -2.31. The second kappa shape index (κ2) is 5.69. The number of aromatic nitrogens is 1. The van der Waals surface area contributed by atoms with E-state index in [1.54, 1.807) is 7.05 Å². The number of amidine groups is 1. The predicted molar refractivity (Wildman–Crippen MR) is 60.9 cm³/mol. The van der Waals surface area contributed by atoms with Crippen molar-refractivity contribution in [3.63, 3.8) is 0 Å². The summed E-state index contributed by atoms with van der Waals surface area (Å²) in [7, 11) is 1.56. The zero-order valence-electron chi connectivity index (χ0n) is 9.37. The smallest absolute Gasteiger partial charge is 0.257 e. The van der Waals surface area contributed by atoms with E-state index >= 15 is 0 Å². The van der Waals surface area contributed by atoms with Crippen molar-refractivity contribution in [2.45, 2.75) is 6.42 Å². The normalized spacial score (nSPS) is 11.2. The maximum Gasteiger partial charge on any atom is 0.257 e. The van der Waals surface area contributed by atoms with E-state index in [2.05, 4.69) is 10.1 Å². The van der Waals surface area contributed by atoms with E-state index in [1.807, 2.05) is 0 Å². The summed E-state index contributed by atoms with van der Waals surface area (Å²) >= 11 is 0. The summed E-state index contributed by atoms with van der Waals surface area (Å²) in [6.07, 6.45) is 2.87. The first kappa shape index (κ1) is 12.8. The number of hydrogen-bond donors (Lipinski definition) is 3. The molecule has 7 nitrogen and oxygen atoms in total. The van der Waals surface area contributed by atoms with Crippen LogP contribution in [0.25, 0.3) is 0 Å². The zero-order valence-corrected chi connectivity index (χ0v) is 9.37. The van der Waals surface area contributed by atoms with Crippen molar-refractivity contribution < 1.29 is 15.1 Å². The predicted octanol–water partition coefficient (Wildman–Crippen LogP) is -0.00430. The van der Waals surface area contributed by atoms with E-state index in [1.165, 1.54) is 23.4 Å². The minimum absolute atomic E-state index is 0.0450. The fraction of sp³-hybridized carbons (Fsp3) is 0.300. The van der Waals surface area contributed by atoms with Crippen LogP contribution in [0.3, 0.4) is 0 Å². The Morgan fingerprint density at radius 2 is 2.35 bits per heavy atom. The van der Waals surface area contributed by atoms with Crippen LogP contribution in [0.1, 0.15) is 16.8 Å². The largest absolute Gasteiger partial charge is 0.505 e. The van der Waals surface area contributed by atoms with Gasteiger partial charge in [0.15, 0.2) is 0 Å². The minimum Gasteiger partial charge on any atom is -0.505 e. The second-order valence-corrected chi connectivity index (χ2v) is 3.46. The van der Waals surface area contributed by atoms with E-state index in [0.29, 0.717) is 0 Å². The SMILES string of the molecule is CN(CC/C(N)=N/O)C(=O)c1ccncc1O. The molecule has 0 saturated carbocycles. The summed E-state index contributed by atoms with van der Waals surface area (Å²) in [5.41, 5.74) is 5.46. The van der Waals surface area contributed by atoms with E-state index in [-0.39, 0.29) is 36.0 Å². The van der Waals surface area contributed by atoms with Crippen molar-refractivity contribution in [2.24, 2.45) is 10.9 Å². The van der Waals surface area contributed by atoms with Crippen LogP contribution >= 0.6 is 0 Å². The summed E-state index contributed by atoms with van der Waals surface area (Å²) in [6.45, 7) is 0.288. The lowest BCUT2D eigenvalue weighted by Crippen LogP contribution is -2.30. The van der Waals surface area contributed by atoms with Gasteiger partial charge in [-0.2, -0.15) is 0 Å². The van der Waals surface area contributed by atoms with Gasteiger partial charge in [0.25, 0.3) is 5.91 Å². The van der Waals surface area contributed by atoms with E-state index in [0.717, 1.165) is 0 Å². The van der Waals surface area contributed by atoms with Gasteiger partial charge in [-0.05, 0) is 6.07 Å². The van der Waals surface area contributed by atoms with Crippen molar-refractivity contribution in [2.75, 3.05) is 13.6 Å². The van der Waals surface area contributed by atoms with Gasteiger partial charge in [0.2, 0.25) is 0 Å². The third-order valence-corrected chi connectivity index (χ3v) is 2.21. The maximum absolute atomic E-state index is 11.9. The summed E-state index contributed by atoms with van der Waals surface area (Å²) in [5, 5.41) is 20.6. The molecule has 0 bridgehead atoms. The molecule has 7 heteroatoms. The number of hydrogen-bond acceptors (Lipinski definition) is 5. The molecule has 0 spiro atoms. The number of oxime groups is 1. The number of rotatable bonds is 4. The van der Waals surface area contributed by atoms with Gasteiger partial charge in [0.1, 0.15) is 11.6 Å². The lowest BCUT2D eigenvalue weighted by molar-refractivity contribution is 0.0795. The summed E-state index contributed by atoms with van der Waals surface area (Å²) in [4.78, 5) is 16.9. The van der Waals surface area contributed by atoms with Gasteiger partial charge in [-0.25, -0.2) is 0 Å². The highest BCUT2D eigenvalue weighted by atomic mass is 16.4. The zero-order chi connectivity index (χ0) is 12.8. The van der Waals surface area contributed by atoms with E-state index < -0.39 is 0 Å². The molecule has 0 aliphatic rings. The van der Waals surface area contributed by atoms with Gasteiger partial charge in [-0.3, -0.25) is 9.78 Å². The Kier molecular flexibility index (Phi) is 4.27. The molecule has 92 valence electrons. The van der Waals surface area contributed by atoms with Crippen LogP contribution in [-0.4, -0.2) is 45.5 Å². The summed E-state index contributed by atoms with van der Waals surface area (Å²) in [5.74, 6) is -0.479. The Labute approximate surface area is 98.2 Å². The third kappa shape index (κ3) is 3.33. The Morgan fingerprint density at radius 1 is 1.65 bits per heavy atom. The number of nitrogens with two attached hydrogens (primary N) is 1. The lowest BCUT2D eigenvalue weighted by Gasteiger charge is -2.17. The van der Waals surface area contributed by atoms with Crippen LogP contribution in [0.5, 0.6) is 5.75 Å². The van der Waals surface area contributed by atoms with Crippen molar-refractivity contribution in [3.8, 4) is 5.75 Å².